The zero-order chi connectivity index (χ0) is 15.0. The monoisotopic (exact) mass is 287 g/mol. The summed E-state index contributed by atoms with van der Waals surface area (Å²) in [4.78, 5) is 22.9. The van der Waals surface area contributed by atoms with Crippen LogP contribution in [0.25, 0.3) is 0 Å². The topological polar surface area (TPSA) is 66.4 Å². The highest BCUT2D eigenvalue weighted by Crippen LogP contribution is 2.59. The molecule has 1 saturated carbocycles. The van der Waals surface area contributed by atoms with Gasteiger partial charge in [-0.25, -0.2) is 0 Å². The molecule has 21 heavy (non-hydrogen) atoms. The van der Waals surface area contributed by atoms with Crippen LogP contribution in [-0.4, -0.2) is 23.5 Å². The third kappa shape index (κ3) is 2.80. The summed E-state index contributed by atoms with van der Waals surface area (Å²) in [5.41, 5.74) is 2.72. The zero-order valence-electron chi connectivity index (χ0n) is 12.2. The quantitative estimate of drug-likeness (QED) is 0.872. The van der Waals surface area contributed by atoms with Crippen LogP contribution in [0.15, 0.2) is 24.3 Å². The molecule has 0 radical (unpaired) electrons. The van der Waals surface area contributed by atoms with Gasteiger partial charge in [0, 0.05) is 18.9 Å². The van der Waals surface area contributed by atoms with Crippen LogP contribution in [0.1, 0.15) is 36.8 Å². The molecule has 1 aromatic rings. The highest BCUT2D eigenvalue weighted by Gasteiger charge is 2.56. The molecule has 4 unspecified atom stereocenters. The molecule has 1 amide bonds. The molecular formula is C17H21NO3. The number of hydrogen-bond acceptors (Lipinski definition) is 2. The molecule has 0 aromatic heterocycles. The third-order valence-electron chi connectivity index (χ3n) is 4.78. The van der Waals surface area contributed by atoms with Gasteiger partial charge in [-0.05, 0) is 41.7 Å². The minimum absolute atomic E-state index is 0.0282. The Hall–Kier alpha value is -1.84. The van der Waals surface area contributed by atoms with E-state index >= 15 is 0 Å². The maximum atomic E-state index is 12.3. The molecule has 1 aromatic carbocycles. The van der Waals surface area contributed by atoms with Crippen LogP contribution in [-0.2, 0) is 16.0 Å². The summed E-state index contributed by atoms with van der Waals surface area (Å²) in [5, 5.41) is 11.7. The average Bonchev–Trinajstić information content (AvgIpc) is 3.19. The number of amides is 1. The van der Waals surface area contributed by atoms with Crippen LogP contribution in [0.3, 0.4) is 0 Å². The Morgan fingerprint density at radius 1 is 1.38 bits per heavy atom. The molecule has 2 aliphatic carbocycles. The van der Waals surface area contributed by atoms with Gasteiger partial charge in [-0.15, -0.1) is 0 Å². The fraction of sp³-hybridized carbons (Fsp3) is 0.529. The number of benzene rings is 1. The number of fused-ring (bicyclic) bond motifs is 3. The fourth-order valence-corrected chi connectivity index (χ4v) is 3.69. The second-order valence-electron chi connectivity index (χ2n) is 6.40. The van der Waals surface area contributed by atoms with Gasteiger partial charge in [-0.3, -0.25) is 9.59 Å². The fourth-order valence-electron chi connectivity index (χ4n) is 3.69. The Kier molecular flexibility index (Phi) is 3.70. The summed E-state index contributed by atoms with van der Waals surface area (Å²) in [5.74, 6) is 0.203. The van der Waals surface area contributed by atoms with Gasteiger partial charge >= 0.3 is 5.97 Å². The number of carboxylic acid groups (broad SMARTS) is 1. The van der Waals surface area contributed by atoms with Crippen LogP contribution in [0.4, 0.5) is 0 Å². The van der Waals surface area contributed by atoms with Gasteiger partial charge < -0.3 is 10.4 Å². The molecule has 4 atom stereocenters. The first-order valence-corrected chi connectivity index (χ1v) is 7.65. The highest BCUT2D eigenvalue weighted by atomic mass is 16.4. The van der Waals surface area contributed by atoms with Crippen LogP contribution in [0.2, 0.25) is 0 Å². The van der Waals surface area contributed by atoms with Crippen molar-refractivity contribution in [2.45, 2.75) is 32.1 Å². The molecule has 2 aliphatic rings. The van der Waals surface area contributed by atoms with Crippen molar-refractivity contribution in [3.63, 3.8) is 0 Å². The van der Waals surface area contributed by atoms with Crippen molar-refractivity contribution in [2.24, 2.45) is 17.8 Å². The Morgan fingerprint density at radius 3 is 2.90 bits per heavy atom. The SMILES string of the molecule is CC(CNC(=O)C1C2CCc3ccccc3C21)CC(=O)O. The predicted octanol–water partition coefficient (Wildman–Crippen LogP) is 2.19. The molecule has 0 bridgehead atoms. The molecule has 4 heteroatoms. The highest BCUT2D eigenvalue weighted by molar-refractivity contribution is 5.84. The van der Waals surface area contributed by atoms with E-state index in [2.05, 4.69) is 23.5 Å². The van der Waals surface area contributed by atoms with Gasteiger partial charge in [0.15, 0.2) is 0 Å². The lowest BCUT2D eigenvalue weighted by atomic mass is 9.92. The largest absolute Gasteiger partial charge is 0.481 e. The minimum Gasteiger partial charge on any atom is -0.481 e. The number of nitrogens with one attached hydrogen (secondary N) is 1. The van der Waals surface area contributed by atoms with Crippen LogP contribution in [0.5, 0.6) is 0 Å². The molecule has 0 saturated heterocycles. The Bertz CT molecular complexity index is 569. The van der Waals surface area contributed by atoms with Crippen molar-refractivity contribution in [1.29, 1.82) is 0 Å². The summed E-state index contributed by atoms with van der Waals surface area (Å²) in [6.07, 6.45) is 2.25. The minimum atomic E-state index is -0.814. The van der Waals surface area contributed by atoms with Gasteiger partial charge in [0.05, 0.1) is 0 Å². The van der Waals surface area contributed by atoms with Gasteiger partial charge in [0.2, 0.25) is 5.91 Å². The molecular weight excluding hydrogens is 266 g/mol. The molecule has 0 spiro atoms. The lowest BCUT2D eigenvalue weighted by Crippen LogP contribution is -2.31. The maximum Gasteiger partial charge on any atom is 0.303 e. The smallest absolute Gasteiger partial charge is 0.303 e. The second-order valence-corrected chi connectivity index (χ2v) is 6.40. The summed E-state index contributed by atoms with van der Waals surface area (Å²) in [6, 6.07) is 8.41. The van der Waals surface area contributed by atoms with Crippen molar-refractivity contribution in [3.05, 3.63) is 35.4 Å². The molecule has 4 nitrogen and oxygen atoms in total. The Morgan fingerprint density at radius 2 is 2.14 bits per heavy atom. The predicted molar refractivity (Wildman–Crippen MR) is 78.9 cm³/mol. The first-order valence-electron chi connectivity index (χ1n) is 7.65. The third-order valence-corrected chi connectivity index (χ3v) is 4.78. The van der Waals surface area contributed by atoms with Crippen LogP contribution in [0, 0.1) is 17.8 Å². The van der Waals surface area contributed by atoms with Crippen molar-refractivity contribution in [1.82, 2.24) is 5.32 Å². The van der Waals surface area contributed by atoms with Crippen LogP contribution < -0.4 is 5.32 Å². The number of carbonyl (C=O) groups excluding carboxylic acids is 1. The summed E-state index contributed by atoms with van der Waals surface area (Å²) in [6.45, 7) is 2.30. The van der Waals surface area contributed by atoms with E-state index in [0.717, 1.165) is 12.8 Å². The van der Waals surface area contributed by atoms with E-state index in [0.29, 0.717) is 18.4 Å². The molecule has 0 aliphatic heterocycles. The number of rotatable bonds is 5. The number of hydrogen-bond donors (Lipinski definition) is 2. The van der Waals surface area contributed by atoms with Crippen molar-refractivity contribution < 1.29 is 14.7 Å². The number of carbonyl (C=O) groups is 2. The Balaban J connectivity index is 1.58. The first kappa shape index (κ1) is 14.1. The number of aliphatic carboxylic acids is 1. The van der Waals surface area contributed by atoms with E-state index in [1.807, 2.05) is 13.0 Å². The van der Waals surface area contributed by atoms with Crippen LogP contribution >= 0.6 is 0 Å². The Labute approximate surface area is 124 Å². The van der Waals surface area contributed by atoms with E-state index in [1.165, 1.54) is 11.1 Å². The van der Waals surface area contributed by atoms with Gasteiger partial charge in [-0.2, -0.15) is 0 Å². The number of aryl methyl sites for hydroxylation is 1. The van der Waals surface area contributed by atoms with E-state index in [1.54, 1.807) is 0 Å². The number of carboxylic acids is 1. The normalized spacial score (nSPS) is 27.2. The van der Waals surface area contributed by atoms with E-state index in [4.69, 9.17) is 5.11 Å². The zero-order valence-corrected chi connectivity index (χ0v) is 12.2. The maximum absolute atomic E-state index is 12.3. The molecule has 112 valence electrons. The molecule has 0 heterocycles. The summed E-state index contributed by atoms with van der Waals surface area (Å²) >= 11 is 0. The van der Waals surface area contributed by atoms with E-state index < -0.39 is 5.97 Å². The molecule has 2 N–H and O–H groups in total. The lowest BCUT2D eigenvalue weighted by molar-refractivity contribution is -0.138. The average molecular weight is 287 g/mol. The second kappa shape index (κ2) is 5.51. The van der Waals surface area contributed by atoms with Gasteiger partial charge in [0.1, 0.15) is 0 Å². The molecule has 1 fully saturated rings. The van der Waals surface area contributed by atoms with Crippen molar-refractivity contribution >= 4 is 11.9 Å². The van der Waals surface area contributed by atoms with E-state index in [9.17, 15) is 9.59 Å². The standard InChI is InChI=1S/C17H21NO3/c1-10(8-14(19)20)9-18-17(21)16-13-7-6-11-4-2-3-5-12(11)15(13)16/h2-5,10,13,15-16H,6-9H2,1H3,(H,18,21)(H,19,20). The summed E-state index contributed by atoms with van der Waals surface area (Å²) < 4.78 is 0. The lowest BCUT2D eigenvalue weighted by Gasteiger charge is -2.13. The van der Waals surface area contributed by atoms with Gasteiger partial charge in [0.25, 0.3) is 0 Å². The summed E-state index contributed by atoms with van der Waals surface area (Å²) in [7, 11) is 0. The van der Waals surface area contributed by atoms with Crippen molar-refractivity contribution in [2.75, 3.05) is 6.54 Å². The van der Waals surface area contributed by atoms with Gasteiger partial charge in [-0.1, -0.05) is 31.2 Å². The van der Waals surface area contributed by atoms with E-state index in [-0.39, 0.29) is 24.2 Å². The first-order chi connectivity index (χ1) is 10.1. The molecule has 3 rings (SSSR count). The van der Waals surface area contributed by atoms with Crippen molar-refractivity contribution in [3.8, 4) is 0 Å².